The SMILES string of the molecule is NCc1ccc(Oc2ccc3c(c2)[B]OC3O)c(Cl)c1. The van der Waals surface area contributed by atoms with Crippen molar-refractivity contribution in [3.8, 4) is 11.5 Å². The maximum absolute atomic E-state index is 9.54. The van der Waals surface area contributed by atoms with E-state index in [4.69, 9.17) is 26.7 Å². The Kier molecular flexibility index (Phi) is 3.67. The molecule has 0 amide bonds. The summed E-state index contributed by atoms with van der Waals surface area (Å²) in [6, 6.07) is 10.8. The van der Waals surface area contributed by atoms with Crippen molar-refractivity contribution < 1.29 is 14.5 Å². The second kappa shape index (κ2) is 5.46. The van der Waals surface area contributed by atoms with Crippen LogP contribution in [0.25, 0.3) is 0 Å². The summed E-state index contributed by atoms with van der Waals surface area (Å²) >= 11 is 6.15. The third-order valence-corrected chi connectivity index (χ3v) is 3.40. The van der Waals surface area contributed by atoms with Gasteiger partial charge in [0, 0.05) is 12.1 Å². The predicted molar refractivity (Wildman–Crippen MR) is 77.3 cm³/mol. The van der Waals surface area contributed by atoms with E-state index in [1.807, 2.05) is 6.07 Å². The largest absolute Gasteiger partial charge is 0.456 e. The lowest BCUT2D eigenvalue weighted by Gasteiger charge is -2.10. The fourth-order valence-corrected chi connectivity index (χ4v) is 2.28. The van der Waals surface area contributed by atoms with Crippen LogP contribution in [0, 0.1) is 0 Å². The van der Waals surface area contributed by atoms with Crippen LogP contribution in [0.1, 0.15) is 17.4 Å². The first-order chi connectivity index (χ1) is 9.67. The lowest BCUT2D eigenvalue weighted by atomic mass is 9.87. The van der Waals surface area contributed by atoms with Gasteiger partial charge < -0.3 is 20.2 Å². The van der Waals surface area contributed by atoms with E-state index in [1.54, 1.807) is 30.3 Å². The molecule has 0 fully saturated rings. The number of fused-ring (bicyclic) bond motifs is 1. The molecule has 0 saturated heterocycles. The maximum atomic E-state index is 9.54. The Hall–Kier alpha value is -1.53. The van der Waals surface area contributed by atoms with Crippen molar-refractivity contribution in [1.29, 1.82) is 0 Å². The van der Waals surface area contributed by atoms with E-state index in [0.29, 0.717) is 23.1 Å². The summed E-state index contributed by atoms with van der Waals surface area (Å²) in [7, 11) is 1.51. The molecule has 4 nitrogen and oxygen atoms in total. The van der Waals surface area contributed by atoms with Crippen molar-refractivity contribution in [2.75, 3.05) is 0 Å². The Morgan fingerprint density at radius 2 is 2.15 bits per heavy atom. The Labute approximate surface area is 122 Å². The first kappa shape index (κ1) is 13.5. The Bertz CT molecular complexity index is 650. The second-order valence-electron chi connectivity index (χ2n) is 4.47. The lowest BCUT2D eigenvalue weighted by Crippen LogP contribution is -2.11. The van der Waals surface area contributed by atoms with Crippen LogP contribution in [-0.2, 0) is 11.2 Å². The highest BCUT2D eigenvalue weighted by Crippen LogP contribution is 2.31. The molecule has 0 saturated carbocycles. The van der Waals surface area contributed by atoms with Gasteiger partial charge in [0.05, 0.1) is 5.02 Å². The second-order valence-corrected chi connectivity index (χ2v) is 4.88. The summed E-state index contributed by atoms with van der Waals surface area (Å²) in [4.78, 5) is 0. The standard InChI is InChI=1S/C14H12BClNO3/c16-12-5-8(7-17)1-4-13(12)19-9-2-3-10-11(6-9)15-20-14(10)18/h1-6,14,18H,7,17H2. The van der Waals surface area contributed by atoms with Gasteiger partial charge in [-0.2, -0.15) is 0 Å². The maximum Gasteiger partial charge on any atom is 0.334 e. The molecule has 0 bridgehead atoms. The zero-order chi connectivity index (χ0) is 14.1. The number of nitrogens with two attached hydrogens (primary N) is 1. The quantitative estimate of drug-likeness (QED) is 0.846. The van der Waals surface area contributed by atoms with Crippen molar-refractivity contribution in [3.63, 3.8) is 0 Å². The number of aliphatic hydroxyl groups is 1. The van der Waals surface area contributed by atoms with Gasteiger partial charge in [-0.25, -0.2) is 0 Å². The third-order valence-electron chi connectivity index (χ3n) is 3.11. The predicted octanol–water partition coefficient (Wildman–Crippen LogP) is 1.86. The number of ether oxygens (including phenoxy) is 1. The molecule has 1 atom stereocenters. The van der Waals surface area contributed by atoms with Crippen LogP contribution in [-0.4, -0.2) is 12.6 Å². The number of aliphatic hydroxyl groups excluding tert-OH is 1. The molecular weight excluding hydrogens is 276 g/mol. The molecule has 3 rings (SSSR count). The van der Waals surface area contributed by atoms with Crippen molar-refractivity contribution in [1.82, 2.24) is 0 Å². The first-order valence-corrected chi connectivity index (χ1v) is 6.52. The number of halogens is 1. The van der Waals surface area contributed by atoms with Gasteiger partial charge in [-0.05, 0) is 35.3 Å². The molecule has 6 heteroatoms. The van der Waals surface area contributed by atoms with Crippen LogP contribution in [0.3, 0.4) is 0 Å². The van der Waals surface area contributed by atoms with E-state index in [0.717, 1.165) is 16.6 Å². The smallest absolute Gasteiger partial charge is 0.334 e. The molecule has 1 aliphatic heterocycles. The van der Waals surface area contributed by atoms with Crippen LogP contribution in [0.5, 0.6) is 11.5 Å². The molecule has 1 aliphatic rings. The normalized spacial score (nSPS) is 16.6. The lowest BCUT2D eigenvalue weighted by molar-refractivity contribution is -0.00794. The number of hydrogen-bond donors (Lipinski definition) is 2. The van der Waals surface area contributed by atoms with Crippen LogP contribution in [0.15, 0.2) is 36.4 Å². The molecule has 0 aliphatic carbocycles. The van der Waals surface area contributed by atoms with Crippen molar-refractivity contribution in [3.05, 3.63) is 52.5 Å². The molecule has 0 spiro atoms. The van der Waals surface area contributed by atoms with Crippen molar-refractivity contribution in [2.45, 2.75) is 12.8 Å². The Morgan fingerprint density at radius 3 is 2.90 bits per heavy atom. The molecule has 20 heavy (non-hydrogen) atoms. The van der Waals surface area contributed by atoms with Crippen molar-refractivity contribution in [2.24, 2.45) is 5.73 Å². The summed E-state index contributed by atoms with van der Waals surface area (Å²) in [6.45, 7) is 0.434. The van der Waals surface area contributed by atoms with Gasteiger partial charge in [0.25, 0.3) is 0 Å². The van der Waals surface area contributed by atoms with Crippen molar-refractivity contribution >= 4 is 24.5 Å². The van der Waals surface area contributed by atoms with Gasteiger partial charge in [0.1, 0.15) is 11.5 Å². The molecule has 2 aromatic carbocycles. The van der Waals surface area contributed by atoms with Gasteiger partial charge >= 0.3 is 7.48 Å². The number of benzene rings is 2. The highest BCUT2D eigenvalue weighted by molar-refractivity contribution is 6.49. The van der Waals surface area contributed by atoms with Gasteiger partial charge in [0.15, 0.2) is 6.29 Å². The summed E-state index contributed by atoms with van der Waals surface area (Å²) in [5.41, 5.74) is 8.02. The summed E-state index contributed by atoms with van der Waals surface area (Å²) in [5.74, 6) is 1.18. The fourth-order valence-electron chi connectivity index (χ4n) is 2.04. The summed E-state index contributed by atoms with van der Waals surface area (Å²) in [5, 5.41) is 10.0. The molecular formula is C14H12BClNO3. The van der Waals surface area contributed by atoms with E-state index in [1.165, 1.54) is 7.48 Å². The number of hydrogen-bond acceptors (Lipinski definition) is 4. The minimum Gasteiger partial charge on any atom is -0.456 e. The van der Waals surface area contributed by atoms with Crippen LogP contribution in [0.2, 0.25) is 5.02 Å². The van der Waals surface area contributed by atoms with Gasteiger partial charge in [0.2, 0.25) is 0 Å². The van der Waals surface area contributed by atoms with E-state index >= 15 is 0 Å². The Balaban J connectivity index is 1.85. The molecule has 1 radical (unpaired) electrons. The Morgan fingerprint density at radius 1 is 1.30 bits per heavy atom. The minimum absolute atomic E-state index is 0.434. The molecule has 101 valence electrons. The fraction of sp³-hybridized carbons (Fsp3) is 0.143. The van der Waals surface area contributed by atoms with E-state index in [9.17, 15) is 5.11 Å². The minimum atomic E-state index is -0.897. The summed E-state index contributed by atoms with van der Waals surface area (Å²) < 4.78 is 10.8. The molecule has 3 N–H and O–H groups in total. The monoisotopic (exact) mass is 288 g/mol. The van der Waals surface area contributed by atoms with E-state index in [2.05, 4.69) is 0 Å². The highest BCUT2D eigenvalue weighted by atomic mass is 35.5. The van der Waals surface area contributed by atoms with Crippen LogP contribution < -0.4 is 15.9 Å². The summed E-state index contributed by atoms with van der Waals surface area (Å²) in [6.07, 6.45) is -0.897. The molecule has 1 unspecified atom stereocenters. The van der Waals surface area contributed by atoms with Gasteiger partial charge in [-0.3, -0.25) is 0 Å². The average molecular weight is 289 g/mol. The third kappa shape index (κ3) is 2.53. The van der Waals surface area contributed by atoms with Crippen LogP contribution in [0.4, 0.5) is 0 Å². The molecule has 2 aromatic rings. The van der Waals surface area contributed by atoms with Crippen LogP contribution >= 0.6 is 11.6 Å². The van der Waals surface area contributed by atoms with Gasteiger partial charge in [-0.1, -0.05) is 23.7 Å². The molecule has 0 aromatic heterocycles. The number of rotatable bonds is 3. The molecule has 1 heterocycles. The van der Waals surface area contributed by atoms with Gasteiger partial charge in [-0.15, -0.1) is 0 Å². The zero-order valence-electron chi connectivity index (χ0n) is 10.5. The first-order valence-electron chi connectivity index (χ1n) is 6.14. The van der Waals surface area contributed by atoms with E-state index < -0.39 is 6.29 Å². The topological polar surface area (TPSA) is 64.7 Å². The highest BCUT2D eigenvalue weighted by Gasteiger charge is 2.22. The van der Waals surface area contributed by atoms with E-state index in [-0.39, 0.29) is 0 Å². The zero-order valence-corrected chi connectivity index (χ0v) is 11.3. The average Bonchev–Trinajstić information content (AvgIpc) is 2.82.